The van der Waals surface area contributed by atoms with Crippen LogP contribution in [0.4, 0.5) is 16.3 Å². The number of ether oxygens (including phenoxy) is 1. The summed E-state index contributed by atoms with van der Waals surface area (Å²) in [6.45, 7) is 1.67. The number of aliphatic hydroxyl groups is 1. The number of halogens is 1. The van der Waals surface area contributed by atoms with Gasteiger partial charge in [-0.05, 0) is 38.0 Å². The predicted molar refractivity (Wildman–Crippen MR) is 129 cm³/mol. The Morgan fingerprint density at radius 1 is 1.33 bits per heavy atom. The second-order valence-corrected chi connectivity index (χ2v) is 8.91. The summed E-state index contributed by atoms with van der Waals surface area (Å²) in [5.74, 6) is -0.353. The van der Waals surface area contributed by atoms with Crippen LogP contribution >= 0.6 is 11.6 Å². The maximum Gasteiger partial charge on any atom is 0.413 e. The lowest BCUT2D eigenvalue weighted by Gasteiger charge is -2.41. The Kier molecular flexibility index (Phi) is 7.14. The van der Waals surface area contributed by atoms with Crippen LogP contribution in [0.5, 0.6) is 0 Å². The van der Waals surface area contributed by atoms with E-state index >= 15 is 0 Å². The van der Waals surface area contributed by atoms with Gasteiger partial charge in [0, 0.05) is 24.7 Å². The molecule has 0 bridgehead atoms. The highest BCUT2D eigenvalue weighted by Gasteiger charge is 2.45. The number of pyridine rings is 2. The number of carbonyl (C=O) groups is 2. The van der Waals surface area contributed by atoms with Crippen molar-refractivity contribution >= 4 is 35.1 Å². The van der Waals surface area contributed by atoms with Crippen LogP contribution in [-0.2, 0) is 16.6 Å². The second kappa shape index (κ2) is 10.3. The number of nitrogens with one attached hydrogen (secondary N) is 2. The molecule has 1 aliphatic rings. The van der Waals surface area contributed by atoms with Crippen LogP contribution in [0.15, 0.2) is 36.7 Å². The standard InChI is InChI=1S/C23H23ClN8O4/c1-13(16-4-3-9-26-19(16)24)36-22(34)29-20-18(30-31-32(20)2)17-6-5-15(12-27-17)28-21(33)14-10-23(35,11-14)7-8-25/h3-6,9,12-14,35H,7,10-11H2,1-2H3,(H,28,33)(H,29,34)/t13-,14?,23?/m1/s1. The molecule has 3 aromatic heterocycles. The van der Waals surface area contributed by atoms with Gasteiger partial charge in [0.1, 0.15) is 11.3 Å². The Balaban J connectivity index is 1.39. The van der Waals surface area contributed by atoms with Gasteiger partial charge >= 0.3 is 6.09 Å². The topological polar surface area (TPSA) is 168 Å². The third-order valence-corrected chi connectivity index (χ3v) is 6.18. The molecule has 3 N–H and O–H groups in total. The Morgan fingerprint density at radius 2 is 2.11 bits per heavy atom. The number of hydrogen-bond acceptors (Lipinski definition) is 9. The molecule has 3 aromatic rings. The normalized spacial score (nSPS) is 19.5. The first-order valence-electron chi connectivity index (χ1n) is 11.0. The first-order chi connectivity index (χ1) is 17.2. The Morgan fingerprint density at radius 3 is 2.78 bits per heavy atom. The van der Waals surface area contributed by atoms with Gasteiger partial charge in [0.25, 0.3) is 0 Å². The van der Waals surface area contributed by atoms with E-state index in [-0.39, 0.29) is 42.1 Å². The fourth-order valence-electron chi connectivity index (χ4n) is 3.91. The van der Waals surface area contributed by atoms with E-state index < -0.39 is 17.8 Å². The molecular weight excluding hydrogens is 488 g/mol. The molecule has 0 radical (unpaired) electrons. The average molecular weight is 511 g/mol. The van der Waals surface area contributed by atoms with Gasteiger partial charge in [-0.2, -0.15) is 5.26 Å². The van der Waals surface area contributed by atoms with Crippen molar-refractivity contribution in [1.29, 1.82) is 5.26 Å². The van der Waals surface area contributed by atoms with Crippen molar-refractivity contribution in [3.8, 4) is 17.5 Å². The smallest absolute Gasteiger partial charge is 0.413 e. The minimum absolute atomic E-state index is 0.00514. The molecule has 0 aliphatic heterocycles. The molecule has 1 atom stereocenters. The van der Waals surface area contributed by atoms with E-state index in [1.165, 1.54) is 10.9 Å². The van der Waals surface area contributed by atoms with E-state index in [9.17, 15) is 14.7 Å². The summed E-state index contributed by atoms with van der Waals surface area (Å²) < 4.78 is 6.79. The highest BCUT2D eigenvalue weighted by molar-refractivity contribution is 6.30. The molecule has 0 saturated heterocycles. The Labute approximate surface area is 211 Å². The molecule has 3 heterocycles. The number of amides is 2. The number of carbonyl (C=O) groups excluding carboxylic acids is 2. The summed E-state index contributed by atoms with van der Waals surface area (Å²) in [5, 5.41) is 32.5. The predicted octanol–water partition coefficient (Wildman–Crippen LogP) is 3.23. The van der Waals surface area contributed by atoms with Crippen molar-refractivity contribution in [2.45, 2.75) is 37.9 Å². The SMILES string of the molecule is C[C@@H](OC(=O)Nc1c(-c2ccc(NC(=O)C3CC(O)(CC#N)C3)cn2)nnn1C)c1cccnc1Cl. The van der Waals surface area contributed by atoms with Crippen LogP contribution in [0.2, 0.25) is 5.15 Å². The van der Waals surface area contributed by atoms with Gasteiger partial charge < -0.3 is 15.2 Å². The molecule has 0 aromatic carbocycles. The summed E-state index contributed by atoms with van der Waals surface area (Å²) in [7, 11) is 1.61. The highest BCUT2D eigenvalue weighted by Crippen LogP contribution is 2.40. The molecule has 0 spiro atoms. The van der Waals surface area contributed by atoms with Crippen LogP contribution in [0.25, 0.3) is 11.4 Å². The number of rotatable bonds is 7. The minimum atomic E-state index is -1.09. The second-order valence-electron chi connectivity index (χ2n) is 8.55. The van der Waals surface area contributed by atoms with E-state index in [0.717, 1.165) is 0 Å². The van der Waals surface area contributed by atoms with Crippen molar-refractivity contribution in [2.24, 2.45) is 13.0 Å². The van der Waals surface area contributed by atoms with Crippen LogP contribution in [-0.4, -0.2) is 47.7 Å². The number of nitrogens with zero attached hydrogens (tertiary/aromatic N) is 6. The molecule has 1 aliphatic carbocycles. The Bertz CT molecular complexity index is 1310. The van der Waals surface area contributed by atoms with Crippen LogP contribution in [0.1, 0.15) is 37.9 Å². The lowest BCUT2D eigenvalue weighted by molar-refractivity contribution is -0.135. The van der Waals surface area contributed by atoms with Crippen molar-refractivity contribution < 1.29 is 19.4 Å². The van der Waals surface area contributed by atoms with Crippen LogP contribution in [0.3, 0.4) is 0 Å². The number of hydrogen-bond donors (Lipinski definition) is 3. The fraction of sp³-hybridized carbons (Fsp3) is 0.348. The Hall–Kier alpha value is -4.08. The summed E-state index contributed by atoms with van der Waals surface area (Å²) in [6, 6.07) is 8.61. The maximum atomic E-state index is 12.5. The maximum absolute atomic E-state index is 12.5. The number of nitriles is 1. The van der Waals surface area contributed by atoms with Gasteiger partial charge in [0.15, 0.2) is 11.5 Å². The first kappa shape index (κ1) is 25.0. The van der Waals surface area contributed by atoms with Crippen molar-refractivity contribution in [1.82, 2.24) is 25.0 Å². The zero-order valence-electron chi connectivity index (χ0n) is 19.5. The molecule has 2 amide bonds. The van der Waals surface area contributed by atoms with Crippen molar-refractivity contribution in [3.63, 3.8) is 0 Å². The van der Waals surface area contributed by atoms with Gasteiger partial charge in [-0.1, -0.05) is 22.9 Å². The molecular formula is C23H23ClN8O4. The summed E-state index contributed by atoms with van der Waals surface area (Å²) in [6.07, 6.45) is 2.10. The lowest BCUT2D eigenvalue weighted by atomic mass is 9.69. The highest BCUT2D eigenvalue weighted by atomic mass is 35.5. The zero-order valence-corrected chi connectivity index (χ0v) is 20.2. The third-order valence-electron chi connectivity index (χ3n) is 5.86. The number of aromatic nitrogens is 5. The zero-order chi connectivity index (χ0) is 25.9. The van der Waals surface area contributed by atoms with Gasteiger partial charge in [-0.25, -0.2) is 14.5 Å². The molecule has 1 fully saturated rings. The average Bonchev–Trinajstić information content (AvgIpc) is 3.18. The quantitative estimate of drug-likeness (QED) is 0.404. The number of aryl methyl sites for hydroxylation is 1. The van der Waals surface area contributed by atoms with Gasteiger partial charge in [0.05, 0.1) is 35.7 Å². The largest absolute Gasteiger partial charge is 0.441 e. The molecule has 13 heteroatoms. The lowest BCUT2D eigenvalue weighted by Crippen LogP contribution is -2.48. The molecule has 36 heavy (non-hydrogen) atoms. The van der Waals surface area contributed by atoms with E-state index in [2.05, 4.69) is 30.9 Å². The van der Waals surface area contributed by atoms with E-state index in [1.54, 1.807) is 44.4 Å². The molecule has 1 saturated carbocycles. The van der Waals surface area contributed by atoms with Crippen LogP contribution < -0.4 is 10.6 Å². The minimum Gasteiger partial charge on any atom is -0.441 e. The summed E-state index contributed by atoms with van der Waals surface area (Å²) in [4.78, 5) is 33.2. The van der Waals surface area contributed by atoms with Crippen molar-refractivity contribution in [2.75, 3.05) is 10.6 Å². The van der Waals surface area contributed by atoms with E-state index in [0.29, 0.717) is 22.6 Å². The molecule has 186 valence electrons. The van der Waals surface area contributed by atoms with Gasteiger partial charge in [0.2, 0.25) is 5.91 Å². The van der Waals surface area contributed by atoms with E-state index in [1.807, 2.05) is 6.07 Å². The summed E-state index contributed by atoms with van der Waals surface area (Å²) in [5.41, 5.74) is 0.650. The van der Waals surface area contributed by atoms with Crippen molar-refractivity contribution in [3.05, 3.63) is 47.4 Å². The van der Waals surface area contributed by atoms with Gasteiger partial charge in [-0.15, -0.1) is 5.10 Å². The van der Waals surface area contributed by atoms with Crippen LogP contribution in [0, 0.1) is 17.2 Å². The first-order valence-corrected chi connectivity index (χ1v) is 11.4. The molecule has 0 unspecified atom stereocenters. The molecule has 4 rings (SSSR count). The van der Waals surface area contributed by atoms with Gasteiger partial charge in [-0.3, -0.25) is 15.1 Å². The van der Waals surface area contributed by atoms with E-state index in [4.69, 9.17) is 21.6 Å². The summed E-state index contributed by atoms with van der Waals surface area (Å²) >= 11 is 6.07. The third kappa shape index (κ3) is 5.42. The molecule has 12 nitrogen and oxygen atoms in total. The fourth-order valence-corrected chi connectivity index (χ4v) is 4.18. The monoisotopic (exact) mass is 510 g/mol. The number of anilines is 2.